The van der Waals surface area contributed by atoms with Crippen LogP contribution in [0.15, 0.2) is 12.1 Å². The van der Waals surface area contributed by atoms with E-state index in [2.05, 4.69) is 5.73 Å². The van der Waals surface area contributed by atoms with E-state index in [1.165, 1.54) is 0 Å². The second-order valence-electron chi connectivity index (χ2n) is 3.75. The Bertz CT molecular complexity index is 504. The predicted molar refractivity (Wildman–Crippen MR) is 56.0 cm³/mol. The molecule has 0 fully saturated rings. The van der Waals surface area contributed by atoms with E-state index in [9.17, 15) is 27.5 Å². The number of rotatable bonds is 3. The molecule has 0 saturated carbocycles. The predicted octanol–water partition coefficient (Wildman–Crippen LogP) is 0.306. The molecular weight excluding hydrogens is 272 g/mol. The van der Waals surface area contributed by atoms with E-state index < -0.39 is 46.9 Å². The summed E-state index contributed by atoms with van der Waals surface area (Å²) in [5, 5.41) is 18.6. The summed E-state index contributed by atoms with van der Waals surface area (Å²) >= 11 is 0. The molecule has 1 rings (SSSR count). The van der Waals surface area contributed by atoms with Crippen molar-refractivity contribution in [2.75, 3.05) is 5.73 Å². The average Bonchev–Trinajstić information content (AvgIpc) is 2.28. The highest BCUT2D eigenvalue weighted by atomic mass is 19.4. The van der Waals surface area contributed by atoms with Crippen LogP contribution >= 0.6 is 0 Å². The standard InChI is InChI=1S/C10H10F4N2O3/c11-5-1-3(7(17)8(18)9(16)19)4(2-6(5)15)10(12,13)14/h1-2,7-8,17-18H,15H2,(H2,16,19). The number of alkyl halides is 3. The molecule has 106 valence electrons. The largest absolute Gasteiger partial charge is 0.416 e. The Hall–Kier alpha value is -1.87. The van der Waals surface area contributed by atoms with E-state index in [1.54, 1.807) is 0 Å². The summed E-state index contributed by atoms with van der Waals surface area (Å²) in [6.07, 6.45) is -9.57. The number of aliphatic hydroxyl groups excluding tert-OH is 2. The molecule has 0 aliphatic carbocycles. The van der Waals surface area contributed by atoms with Crippen LogP contribution in [0, 0.1) is 5.82 Å². The van der Waals surface area contributed by atoms with E-state index >= 15 is 0 Å². The number of nitrogen functional groups attached to an aromatic ring is 1. The highest BCUT2D eigenvalue weighted by molar-refractivity contribution is 5.79. The van der Waals surface area contributed by atoms with Crippen molar-refractivity contribution in [2.45, 2.75) is 18.4 Å². The Morgan fingerprint density at radius 1 is 1.26 bits per heavy atom. The zero-order chi connectivity index (χ0) is 15.0. The molecule has 0 heterocycles. The van der Waals surface area contributed by atoms with E-state index in [1.807, 2.05) is 0 Å². The number of nitrogens with two attached hydrogens (primary N) is 2. The van der Waals surface area contributed by atoms with Crippen LogP contribution in [0.4, 0.5) is 23.2 Å². The second kappa shape index (κ2) is 5.02. The summed E-state index contributed by atoms with van der Waals surface area (Å²) in [6.45, 7) is 0. The number of amides is 1. The van der Waals surface area contributed by atoms with E-state index in [-0.39, 0.29) is 6.07 Å². The topological polar surface area (TPSA) is 110 Å². The summed E-state index contributed by atoms with van der Waals surface area (Å²) < 4.78 is 51.3. The minimum atomic E-state index is -4.95. The van der Waals surface area contributed by atoms with E-state index in [4.69, 9.17) is 10.8 Å². The minimum Gasteiger partial charge on any atom is -0.396 e. The first-order valence-corrected chi connectivity index (χ1v) is 4.87. The van der Waals surface area contributed by atoms with Gasteiger partial charge in [0.25, 0.3) is 0 Å². The summed E-state index contributed by atoms with van der Waals surface area (Å²) in [4.78, 5) is 10.6. The van der Waals surface area contributed by atoms with Gasteiger partial charge in [0.15, 0.2) is 6.10 Å². The quantitative estimate of drug-likeness (QED) is 0.472. The third-order valence-electron chi connectivity index (χ3n) is 2.38. The first-order chi connectivity index (χ1) is 8.55. The molecule has 2 unspecified atom stereocenters. The molecule has 1 aromatic rings. The molecule has 1 aromatic carbocycles. The first kappa shape index (κ1) is 15.2. The first-order valence-electron chi connectivity index (χ1n) is 4.87. The minimum absolute atomic E-state index is 0.265. The van der Waals surface area contributed by atoms with Crippen LogP contribution in [0.25, 0.3) is 0 Å². The number of carbonyl (C=O) groups excluding carboxylic acids is 1. The number of anilines is 1. The molecule has 6 N–H and O–H groups in total. The van der Waals surface area contributed by atoms with Gasteiger partial charge in [-0.05, 0) is 17.7 Å². The maximum atomic E-state index is 13.2. The fraction of sp³-hybridized carbons (Fsp3) is 0.300. The summed E-state index contributed by atoms with van der Waals surface area (Å²) in [5.74, 6) is -2.67. The Labute approximate surface area is 104 Å². The van der Waals surface area contributed by atoms with Gasteiger partial charge >= 0.3 is 6.18 Å². The van der Waals surface area contributed by atoms with Crippen LogP contribution in [0.2, 0.25) is 0 Å². The maximum absolute atomic E-state index is 13.2. The third-order valence-corrected chi connectivity index (χ3v) is 2.38. The van der Waals surface area contributed by atoms with Crippen molar-refractivity contribution in [3.05, 3.63) is 29.1 Å². The van der Waals surface area contributed by atoms with Crippen molar-refractivity contribution in [3.63, 3.8) is 0 Å². The molecule has 1 amide bonds. The smallest absolute Gasteiger partial charge is 0.396 e. The molecular formula is C10H10F4N2O3. The van der Waals surface area contributed by atoms with Crippen molar-refractivity contribution in [2.24, 2.45) is 5.73 Å². The molecule has 0 radical (unpaired) electrons. The van der Waals surface area contributed by atoms with Gasteiger partial charge in [-0.25, -0.2) is 4.39 Å². The van der Waals surface area contributed by atoms with Crippen molar-refractivity contribution < 1.29 is 32.6 Å². The Balaban J connectivity index is 3.41. The van der Waals surface area contributed by atoms with Gasteiger partial charge < -0.3 is 21.7 Å². The van der Waals surface area contributed by atoms with Crippen LogP contribution in [-0.4, -0.2) is 22.2 Å². The molecule has 0 bridgehead atoms. The second-order valence-corrected chi connectivity index (χ2v) is 3.75. The molecule has 0 spiro atoms. The molecule has 5 nitrogen and oxygen atoms in total. The monoisotopic (exact) mass is 282 g/mol. The number of carbonyl (C=O) groups is 1. The van der Waals surface area contributed by atoms with Crippen molar-refractivity contribution in [1.29, 1.82) is 0 Å². The number of halogens is 4. The zero-order valence-corrected chi connectivity index (χ0v) is 9.28. The van der Waals surface area contributed by atoms with Crippen LogP contribution < -0.4 is 11.5 Å². The molecule has 0 aliphatic rings. The summed E-state index contributed by atoms with van der Waals surface area (Å²) in [5.41, 5.74) is 6.40. The van der Waals surface area contributed by atoms with Gasteiger partial charge in [0, 0.05) is 0 Å². The lowest BCUT2D eigenvalue weighted by Gasteiger charge is -2.20. The van der Waals surface area contributed by atoms with E-state index in [0.29, 0.717) is 6.07 Å². The van der Waals surface area contributed by atoms with Gasteiger partial charge in [0.1, 0.15) is 11.9 Å². The van der Waals surface area contributed by atoms with Crippen molar-refractivity contribution in [3.8, 4) is 0 Å². The highest BCUT2D eigenvalue weighted by Gasteiger charge is 2.38. The summed E-state index contributed by atoms with van der Waals surface area (Å²) in [6, 6.07) is 0.566. The molecule has 19 heavy (non-hydrogen) atoms. The Morgan fingerprint density at radius 2 is 1.79 bits per heavy atom. The van der Waals surface area contributed by atoms with Gasteiger partial charge in [0.2, 0.25) is 5.91 Å². The van der Waals surface area contributed by atoms with Crippen molar-refractivity contribution >= 4 is 11.6 Å². The Morgan fingerprint density at radius 3 is 2.21 bits per heavy atom. The lowest BCUT2D eigenvalue weighted by atomic mass is 9.97. The molecule has 0 aromatic heterocycles. The fourth-order valence-corrected chi connectivity index (χ4v) is 1.42. The lowest BCUT2D eigenvalue weighted by Crippen LogP contribution is -2.34. The van der Waals surface area contributed by atoms with Gasteiger partial charge in [-0.2, -0.15) is 13.2 Å². The van der Waals surface area contributed by atoms with Crippen LogP contribution in [0.5, 0.6) is 0 Å². The molecule has 2 atom stereocenters. The average molecular weight is 282 g/mol. The fourth-order valence-electron chi connectivity index (χ4n) is 1.42. The van der Waals surface area contributed by atoms with Crippen LogP contribution in [-0.2, 0) is 11.0 Å². The van der Waals surface area contributed by atoms with Gasteiger partial charge in [-0.15, -0.1) is 0 Å². The Kier molecular flexibility index (Phi) is 4.01. The SMILES string of the molecule is NC(=O)C(O)C(O)c1cc(F)c(N)cc1C(F)(F)F. The van der Waals surface area contributed by atoms with Crippen LogP contribution in [0.3, 0.4) is 0 Å². The molecule has 0 saturated heterocycles. The van der Waals surface area contributed by atoms with Gasteiger partial charge in [-0.1, -0.05) is 0 Å². The van der Waals surface area contributed by atoms with Crippen LogP contribution in [0.1, 0.15) is 17.2 Å². The lowest BCUT2D eigenvalue weighted by molar-refractivity contribution is -0.142. The number of benzene rings is 1. The van der Waals surface area contributed by atoms with Crippen molar-refractivity contribution in [1.82, 2.24) is 0 Å². The van der Waals surface area contributed by atoms with E-state index in [0.717, 1.165) is 0 Å². The normalized spacial score (nSPS) is 15.1. The highest BCUT2D eigenvalue weighted by Crippen LogP contribution is 2.37. The van der Waals surface area contributed by atoms with Gasteiger partial charge in [-0.3, -0.25) is 4.79 Å². The molecule has 9 heteroatoms. The van der Waals surface area contributed by atoms with Gasteiger partial charge in [0.05, 0.1) is 11.3 Å². The summed E-state index contributed by atoms with van der Waals surface area (Å²) in [7, 11) is 0. The number of aliphatic hydroxyl groups is 2. The number of primary amides is 1. The number of hydrogen-bond donors (Lipinski definition) is 4. The maximum Gasteiger partial charge on any atom is 0.416 e. The zero-order valence-electron chi connectivity index (χ0n) is 9.28. The third kappa shape index (κ3) is 3.12. The molecule has 0 aliphatic heterocycles. The number of hydrogen-bond acceptors (Lipinski definition) is 4.